The van der Waals surface area contributed by atoms with Crippen molar-refractivity contribution in [3.8, 4) is 0 Å². The van der Waals surface area contributed by atoms with Crippen LogP contribution in [0.5, 0.6) is 0 Å². The molecule has 0 bridgehead atoms. The van der Waals surface area contributed by atoms with Gasteiger partial charge in [0.2, 0.25) is 0 Å². The molecule has 2 aromatic heterocycles. The minimum Gasteiger partial charge on any atom is -0.288 e. The van der Waals surface area contributed by atoms with Gasteiger partial charge in [0.15, 0.2) is 0 Å². The van der Waals surface area contributed by atoms with Crippen LogP contribution in [0.2, 0.25) is 0 Å². The number of hydrogen-bond acceptors (Lipinski definition) is 6. The third-order valence-corrected chi connectivity index (χ3v) is 7.73. The first kappa shape index (κ1) is 22.6. The maximum atomic E-state index is 13.5. The summed E-state index contributed by atoms with van der Waals surface area (Å²) in [5.41, 5.74) is 2.64. The monoisotopic (exact) mass is 501 g/mol. The Morgan fingerprint density at radius 2 is 1.71 bits per heavy atom. The summed E-state index contributed by atoms with van der Waals surface area (Å²) >= 11 is 8.11. The number of fused-ring (bicyclic) bond motifs is 1. The number of thioether (sulfide) groups is 1. The fourth-order valence-corrected chi connectivity index (χ4v) is 5.77. The zero-order valence-electron chi connectivity index (χ0n) is 18.2. The van der Waals surface area contributed by atoms with Crippen LogP contribution in [0, 0.1) is 6.92 Å². The summed E-state index contributed by atoms with van der Waals surface area (Å²) < 4.78 is 2.00. The Bertz CT molecular complexity index is 1500. The van der Waals surface area contributed by atoms with E-state index in [4.69, 9.17) is 17.2 Å². The molecule has 0 spiro atoms. The highest BCUT2D eigenvalue weighted by Gasteiger charge is 2.32. The number of nitrogens with zero attached hydrogens (tertiary/aromatic N) is 3. The number of carbonyl (C=O) groups excluding carboxylic acids is 1. The Hall–Kier alpha value is -3.20. The molecule has 1 aliphatic heterocycles. The second kappa shape index (κ2) is 9.58. The molecule has 0 atom stereocenters. The molecule has 2 aromatic carbocycles. The average Bonchev–Trinajstić information content (AvgIpc) is 3.11. The van der Waals surface area contributed by atoms with Crippen LogP contribution < -0.4 is 5.56 Å². The van der Waals surface area contributed by atoms with E-state index in [1.807, 2.05) is 79.7 Å². The number of rotatable bonds is 5. The van der Waals surface area contributed by atoms with Crippen LogP contribution >= 0.6 is 35.7 Å². The van der Waals surface area contributed by atoms with E-state index in [1.54, 1.807) is 17.2 Å². The third kappa shape index (κ3) is 4.44. The van der Waals surface area contributed by atoms with E-state index in [0.717, 1.165) is 16.0 Å². The van der Waals surface area contributed by atoms with Gasteiger partial charge in [-0.3, -0.25) is 18.9 Å². The van der Waals surface area contributed by atoms with Gasteiger partial charge in [0.1, 0.15) is 15.0 Å². The number of aromatic nitrogens is 2. The van der Waals surface area contributed by atoms with Crippen molar-refractivity contribution in [2.45, 2.75) is 23.4 Å². The second-order valence-corrected chi connectivity index (χ2v) is 10.4. The molecular weight excluding hydrogens is 483 g/mol. The summed E-state index contributed by atoms with van der Waals surface area (Å²) in [7, 11) is 0. The van der Waals surface area contributed by atoms with Crippen LogP contribution in [0.1, 0.15) is 16.7 Å². The number of benzene rings is 2. The smallest absolute Gasteiger partial charge is 0.266 e. The molecule has 1 amide bonds. The van der Waals surface area contributed by atoms with Crippen LogP contribution in [0.3, 0.4) is 0 Å². The number of pyridine rings is 1. The molecule has 5 rings (SSSR count). The van der Waals surface area contributed by atoms with E-state index < -0.39 is 0 Å². The van der Waals surface area contributed by atoms with Gasteiger partial charge in [-0.25, -0.2) is 4.98 Å². The quantitative estimate of drug-likeness (QED) is 0.203. The predicted octanol–water partition coefficient (Wildman–Crippen LogP) is 5.56. The van der Waals surface area contributed by atoms with Crippen LogP contribution in [-0.4, -0.2) is 24.5 Å². The molecule has 0 radical (unpaired) electrons. The lowest BCUT2D eigenvalue weighted by molar-refractivity contribution is -0.122. The standard InChI is InChI=1S/C26H19N3O2S3/c1-17-9-8-14-28-22(17)27-23(33-19-12-6-3-7-13-19)20(24(28)30)15-21-25(31)29(26(32)34-21)16-18-10-4-2-5-11-18/h2-15H,16H2,1H3. The summed E-state index contributed by atoms with van der Waals surface area (Å²) in [5, 5.41) is 0.554. The van der Waals surface area contributed by atoms with Gasteiger partial charge in [0, 0.05) is 11.1 Å². The van der Waals surface area contributed by atoms with Gasteiger partial charge >= 0.3 is 0 Å². The highest BCUT2D eigenvalue weighted by Crippen LogP contribution is 2.35. The molecule has 1 saturated heterocycles. The zero-order valence-corrected chi connectivity index (χ0v) is 20.6. The third-order valence-electron chi connectivity index (χ3n) is 5.34. The predicted molar refractivity (Wildman–Crippen MR) is 142 cm³/mol. The van der Waals surface area contributed by atoms with E-state index in [-0.39, 0.29) is 11.5 Å². The Labute approximate surface area is 210 Å². The van der Waals surface area contributed by atoms with E-state index in [2.05, 4.69) is 0 Å². The Kier molecular flexibility index (Phi) is 6.36. The summed E-state index contributed by atoms with van der Waals surface area (Å²) in [4.78, 5) is 34.5. The fourth-order valence-electron chi connectivity index (χ4n) is 3.63. The molecule has 34 heavy (non-hydrogen) atoms. The van der Waals surface area contributed by atoms with E-state index in [9.17, 15) is 9.59 Å². The van der Waals surface area contributed by atoms with Gasteiger partial charge in [-0.05, 0) is 42.3 Å². The normalized spacial score (nSPS) is 15.0. The topological polar surface area (TPSA) is 54.7 Å². The lowest BCUT2D eigenvalue weighted by Crippen LogP contribution is -2.27. The summed E-state index contributed by atoms with van der Waals surface area (Å²) in [6.07, 6.45) is 3.34. The minimum atomic E-state index is -0.222. The molecule has 0 saturated carbocycles. The lowest BCUT2D eigenvalue weighted by Gasteiger charge is -2.14. The molecule has 1 fully saturated rings. The molecule has 8 heteroatoms. The van der Waals surface area contributed by atoms with Crippen LogP contribution in [0.15, 0.2) is 98.6 Å². The molecule has 4 aromatic rings. The van der Waals surface area contributed by atoms with E-state index >= 15 is 0 Å². The first-order valence-electron chi connectivity index (χ1n) is 10.6. The van der Waals surface area contributed by atoms with Gasteiger partial charge in [-0.2, -0.15) is 0 Å². The second-order valence-electron chi connectivity index (χ2n) is 7.69. The molecule has 0 unspecified atom stereocenters. The van der Waals surface area contributed by atoms with Crippen molar-refractivity contribution >= 4 is 57.7 Å². The van der Waals surface area contributed by atoms with Crippen molar-refractivity contribution in [2.24, 2.45) is 0 Å². The maximum Gasteiger partial charge on any atom is 0.266 e. The number of thiocarbonyl (C=S) groups is 1. The summed E-state index contributed by atoms with van der Waals surface area (Å²) in [6, 6.07) is 23.2. The molecule has 0 aliphatic carbocycles. The van der Waals surface area contributed by atoms with Gasteiger partial charge in [0.25, 0.3) is 11.5 Å². The minimum absolute atomic E-state index is 0.205. The summed E-state index contributed by atoms with van der Waals surface area (Å²) in [5.74, 6) is -0.205. The van der Waals surface area contributed by atoms with Crippen LogP contribution in [-0.2, 0) is 11.3 Å². The van der Waals surface area contributed by atoms with Gasteiger partial charge in [0.05, 0.1) is 17.0 Å². The fraction of sp³-hybridized carbons (Fsp3) is 0.0769. The Morgan fingerprint density at radius 1 is 1.00 bits per heavy atom. The Balaban J connectivity index is 1.59. The number of amides is 1. The number of hydrogen-bond donors (Lipinski definition) is 0. The van der Waals surface area contributed by atoms with Crippen molar-refractivity contribution in [2.75, 3.05) is 0 Å². The molecule has 168 valence electrons. The SMILES string of the molecule is Cc1cccn2c(=O)c(C=C3SC(=S)N(Cc4ccccc4)C3=O)c(Sc3ccccc3)nc12. The molecule has 3 heterocycles. The zero-order chi connectivity index (χ0) is 23.7. The van der Waals surface area contributed by atoms with E-state index in [1.165, 1.54) is 27.9 Å². The van der Waals surface area contributed by atoms with Crippen molar-refractivity contribution in [3.05, 3.63) is 111 Å². The molecule has 1 aliphatic rings. The van der Waals surface area contributed by atoms with Crippen molar-refractivity contribution in [1.82, 2.24) is 14.3 Å². The lowest BCUT2D eigenvalue weighted by atomic mass is 10.2. The molecular formula is C26H19N3O2S3. The van der Waals surface area contributed by atoms with Gasteiger partial charge in [-0.15, -0.1) is 0 Å². The highest BCUT2D eigenvalue weighted by molar-refractivity contribution is 8.26. The maximum absolute atomic E-state index is 13.5. The summed E-state index contributed by atoms with van der Waals surface area (Å²) in [6.45, 7) is 2.32. The van der Waals surface area contributed by atoms with Crippen molar-refractivity contribution in [1.29, 1.82) is 0 Å². The van der Waals surface area contributed by atoms with Gasteiger partial charge < -0.3 is 0 Å². The van der Waals surface area contributed by atoms with Crippen molar-refractivity contribution in [3.63, 3.8) is 0 Å². The van der Waals surface area contributed by atoms with E-state index in [0.29, 0.717) is 32.0 Å². The average molecular weight is 502 g/mol. The molecule has 5 nitrogen and oxygen atoms in total. The number of carbonyl (C=O) groups is 1. The first-order chi connectivity index (χ1) is 16.5. The van der Waals surface area contributed by atoms with Gasteiger partial charge in [-0.1, -0.05) is 90.3 Å². The van der Waals surface area contributed by atoms with Crippen LogP contribution in [0.25, 0.3) is 11.7 Å². The first-order valence-corrected chi connectivity index (χ1v) is 12.6. The van der Waals surface area contributed by atoms with Crippen LogP contribution in [0.4, 0.5) is 0 Å². The Morgan fingerprint density at radius 3 is 2.44 bits per heavy atom. The highest BCUT2D eigenvalue weighted by atomic mass is 32.2. The largest absolute Gasteiger partial charge is 0.288 e. The molecule has 0 N–H and O–H groups in total. The number of aryl methyl sites for hydroxylation is 1. The van der Waals surface area contributed by atoms with Crippen molar-refractivity contribution < 1.29 is 4.79 Å².